The summed E-state index contributed by atoms with van der Waals surface area (Å²) in [5.74, 6) is -0.478. The Morgan fingerprint density at radius 1 is 1.36 bits per heavy atom. The molecule has 126 valence electrons. The molecule has 1 saturated heterocycles. The van der Waals surface area contributed by atoms with Gasteiger partial charge in [0.2, 0.25) is 5.91 Å². The van der Waals surface area contributed by atoms with Crippen molar-refractivity contribution in [2.75, 3.05) is 20.7 Å². The van der Waals surface area contributed by atoms with Crippen molar-refractivity contribution in [3.63, 3.8) is 0 Å². The standard InChI is InChI=1S/C16H29N3O3/c1-10(2)18(3)11-5-6-14(12(9-11)16(21)22-4)19-8-7-13(17)15(19)20/h10-14H,5-9,17H2,1-4H3. The van der Waals surface area contributed by atoms with Gasteiger partial charge in [-0.3, -0.25) is 9.59 Å². The number of esters is 1. The van der Waals surface area contributed by atoms with Crippen LogP contribution in [0.25, 0.3) is 0 Å². The van der Waals surface area contributed by atoms with Crippen molar-refractivity contribution in [1.82, 2.24) is 9.80 Å². The summed E-state index contributed by atoms with van der Waals surface area (Å²) < 4.78 is 5.00. The normalized spacial score (nSPS) is 32.9. The predicted octanol–water partition coefficient (Wildman–Crippen LogP) is 0.597. The van der Waals surface area contributed by atoms with Crippen LogP contribution in [0.5, 0.6) is 0 Å². The molecule has 0 aromatic carbocycles. The van der Waals surface area contributed by atoms with Crippen LogP contribution in [-0.2, 0) is 14.3 Å². The molecule has 0 spiro atoms. The van der Waals surface area contributed by atoms with Gasteiger partial charge >= 0.3 is 5.97 Å². The zero-order valence-electron chi connectivity index (χ0n) is 14.1. The average Bonchev–Trinajstić information content (AvgIpc) is 2.84. The third-order valence-electron chi connectivity index (χ3n) is 5.36. The summed E-state index contributed by atoms with van der Waals surface area (Å²) in [5, 5.41) is 0. The van der Waals surface area contributed by atoms with Gasteiger partial charge in [0.05, 0.1) is 19.1 Å². The van der Waals surface area contributed by atoms with Crippen molar-refractivity contribution >= 4 is 11.9 Å². The Bertz CT molecular complexity index is 427. The maximum atomic E-state index is 12.3. The van der Waals surface area contributed by atoms with Gasteiger partial charge in [0.15, 0.2) is 0 Å². The lowest BCUT2D eigenvalue weighted by Gasteiger charge is -2.43. The van der Waals surface area contributed by atoms with Crippen molar-refractivity contribution in [3.8, 4) is 0 Å². The fourth-order valence-corrected chi connectivity index (χ4v) is 3.76. The maximum absolute atomic E-state index is 12.3. The van der Waals surface area contributed by atoms with E-state index in [2.05, 4.69) is 25.8 Å². The molecule has 4 atom stereocenters. The lowest BCUT2D eigenvalue weighted by atomic mass is 9.80. The molecule has 4 unspecified atom stereocenters. The first kappa shape index (κ1) is 17.2. The SMILES string of the molecule is COC(=O)C1CC(N(C)C(C)C)CCC1N1CCC(N)C1=O. The van der Waals surface area contributed by atoms with Crippen molar-refractivity contribution in [2.45, 2.75) is 63.7 Å². The topological polar surface area (TPSA) is 75.9 Å². The molecule has 1 aliphatic carbocycles. The summed E-state index contributed by atoms with van der Waals surface area (Å²) in [4.78, 5) is 28.6. The minimum absolute atomic E-state index is 0.0189. The summed E-state index contributed by atoms with van der Waals surface area (Å²) in [7, 11) is 3.52. The van der Waals surface area contributed by atoms with Crippen molar-refractivity contribution in [2.24, 2.45) is 11.7 Å². The van der Waals surface area contributed by atoms with E-state index < -0.39 is 6.04 Å². The molecule has 22 heavy (non-hydrogen) atoms. The maximum Gasteiger partial charge on any atom is 0.310 e. The van der Waals surface area contributed by atoms with E-state index in [1.807, 2.05) is 4.90 Å². The van der Waals surface area contributed by atoms with E-state index >= 15 is 0 Å². The van der Waals surface area contributed by atoms with E-state index in [0.717, 1.165) is 19.3 Å². The molecule has 1 heterocycles. The quantitative estimate of drug-likeness (QED) is 0.769. The van der Waals surface area contributed by atoms with Gasteiger partial charge in [0, 0.05) is 24.7 Å². The van der Waals surface area contributed by atoms with Crippen LogP contribution in [0.4, 0.5) is 0 Å². The van der Waals surface area contributed by atoms with Gasteiger partial charge in [-0.1, -0.05) is 0 Å². The monoisotopic (exact) mass is 311 g/mol. The number of carbonyl (C=O) groups is 2. The van der Waals surface area contributed by atoms with Gasteiger partial charge in [0.25, 0.3) is 0 Å². The molecule has 1 aliphatic heterocycles. The highest BCUT2D eigenvalue weighted by Gasteiger charge is 2.44. The molecule has 0 aromatic rings. The Kier molecular flexibility index (Phi) is 5.45. The van der Waals surface area contributed by atoms with E-state index in [0.29, 0.717) is 25.0 Å². The molecule has 0 aromatic heterocycles. The van der Waals surface area contributed by atoms with Crippen molar-refractivity contribution in [1.29, 1.82) is 0 Å². The second kappa shape index (κ2) is 6.96. The van der Waals surface area contributed by atoms with Gasteiger partial charge in [-0.05, 0) is 46.6 Å². The van der Waals surface area contributed by atoms with Crippen LogP contribution in [0, 0.1) is 5.92 Å². The van der Waals surface area contributed by atoms with Crippen LogP contribution in [0.3, 0.4) is 0 Å². The van der Waals surface area contributed by atoms with Crippen LogP contribution in [0.2, 0.25) is 0 Å². The van der Waals surface area contributed by atoms with Gasteiger partial charge in [-0.15, -0.1) is 0 Å². The summed E-state index contributed by atoms with van der Waals surface area (Å²) in [6.07, 6.45) is 3.25. The van der Waals surface area contributed by atoms with Gasteiger partial charge in [-0.25, -0.2) is 0 Å². The molecule has 1 amide bonds. The Morgan fingerprint density at radius 3 is 2.55 bits per heavy atom. The van der Waals surface area contributed by atoms with Crippen LogP contribution in [0.15, 0.2) is 0 Å². The fraction of sp³-hybridized carbons (Fsp3) is 0.875. The molecule has 2 aliphatic rings. The van der Waals surface area contributed by atoms with Gasteiger partial charge in [-0.2, -0.15) is 0 Å². The Labute approximate surface area is 132 Å². The van der Waals surface area contributed by atoms with Crippen molar-refractivity contribution < 1.29 is 14.3 Å². The first-order valence-electron chi connectivity index (χ1n) is 8.22. The minimum Gasteiger partial charge on any atom is -0.469 e. The summed E-state index contributed by atoms with van der Waals surface area (Å²) in [5.41, 5.74) is 5.83. The highest BCUT2D eigenvalue weighted by atomic mass is 16.5. The fourth-order valence-electron chi connectivity index (χ4n) is 3.76. The number of nitrogens with zero attached hydrogens (tertiary/aromatic N) is 2. The molecule has 2 fully saturated rings. The van der Waals surface area contributed by atoms with E-state index in [1.54, 1.807) is 0 Å². The number of rotatable bonds is 4. The van der Waals surface area contributed by atoms with Crippen LogP contribution in [0.1, 0.15) is 39.5 Å². The number of likely N-dealkylation sites (tertiary alicyclic amines) is 1. The second-order valence-electron chi connectivity index (χ2n) is 6.85. The van der Waals surface area contributed by atoms with Crippen LogP contribution < -0.4 is 5.73 Å². The molecule has 2 N–H and O–H groups in total. The predicted molar refractivity (Wildman–Crippen MR) is 84.1 cm³/mol. The number of amides is 1. The third kappa shape index (κ3) is 3.27. The number of hydrogen-bond acceptors (Lipinski definition) is 5. The molecule has 1 saturated carbocycles. The average molecular weight is 311 g/mol. The summed E-state index contributed by atoms with van der Waals surface area (Å²) >= 11 is 0. The molecule has 0 bridgehead atoms. The van der Waals surface area contributed by atoms with E-state index in [1.165, 1.54) is 7.11 Å². The second-order valence-corrected chi connectivity index (χ2v) is 6.85. The minimum atomic E-state index is -0.408. The molecule has 2 rings (SSSR count). The Hall–Kier alpha value is -1.14. The summed E-state index contributed by atoms with van der Waals surface area (Å²) in [6.45, 7) is 4.97. The first-order chi connectivity index (χ1) is 10.4. The van der Waals surface area contributed by atoms with E-state index in [-0.39, 0.29) is 23.8 Å². The van der Waals surface area contributed by atoms with Gasteiger partial charge in [0.1, 0.15) is 0 Å². The largest absolute Gasteiger partial charge is 0.469 e. The number of carbonyl (C=O) groups excluding carboxylic acids is 2. The summed E-state index contributed by atoms with van der Waals surface area (Å²) in [6, 6.07) is 0.313. The lowest BCUT2D eigenvalue weighted by Crippen LogP contribution is -2.53. The Morgan fingerprint density at radius 2 is 2.05 bits per heavy atom. The number of methoxy groups -OCH3 is 1. The highest BCUT2D eigenvalue weighted by Crippen LogP contribution is 2.34. The van der Waals surface area contributed by atoms with E-state index in [4.69, 9.17) is 10.5 Å². The molecular weight excluding hydrogens is 282 g/mol. The van der Waals surface area contributed by atoms with Crippen LogP contribution >= 0.6 is 0 Å². The molecule has 0 radical (unpaired) electrons. The lowest BCUT2D eigenvalue weighted by molar-refractivity contribution is -0.152. The third-order valence-corrected chi connectivity index (χ3v) is 5.36. The first-order valence-corrected chi connectivity index (χ1v) is 8.22. The number of hydrogen-bond donors (Lipinski definition) is 1. The molecule has 6 heteroatoms. The zero-order chi connectivity index (χ0) is 16.4. The van der Waals surface area contributed by atoms with E-state index in [9.17, 15) is 9.59 Å². The Balaban J connectivity index is 2.14. The molecular formula is C16H29N3O3. The highest BCUT2D eigenvalue weighted by molar-refractivity contribution is 5.85. The number of nitrogens with two attached hydrogens (primary N) is 1. The number of ether oxygens (including phenoxy) is 1. The molecule has 6 nitrogen and oxygen atoms in total. The smallest absolute Gasteiger partial charge is 0.310 e. The zero-order valence-corrected chi connectivity index (χ0v) is 14.1. The van der Waals surface area contributed by atoms with Crippen LogP contribution in [-0.4, -0.2) is 66.5 Å². The van der Waals surface area contributed by atoms with Crippen molar-refractivity contribution in [3.05, 3.63) is 0 Å². The van der Waals surface area contributed by atoms with Gasteiger partial charge < -0.3 is 20.3 Å².